The second-order valence-electron chi connectivity index (χ2n) is 7.43. The maximum Gasteiger partial charge on any atom is 0.289 e. The van der Waals surface area contributed by atoms with Crippen LogP contribution in [0.1, 0.15) is 40.9 Å². The van der Waals surface area contributed by atoms with Gasteiger partial charge in [0.15, 0.2) is 17.2 Å². The van der Waals surface area contributed by atoms with Gasteiger partial charge in [0, 0.05) is 43.2 Å². The van der Waals surface area contributed by atoms with E-state index in [4.69, 9.17) is 14.5 Å². The van der Waals surface area contributed by atoms with Crippen molar-refractivity contribution in [2.45, 2.75) is 25.7 Å². The van der Waals surface area contributed by atoms with Gasteiger partial charge in [0.1, 0.15) is 5.76 Å². The van der Waals surface area contributed by atoms with Crippen molar-refractivity contribution < 1.29 is 9.21 Å². The molecule has 0 bridgehead atoms. The molecular formula is C22H21N5O2. The van der Waals surface area contributed by atoms with E-state index in [1.807, 2.05) is 52.9 Å². The number of aromatic nitrogens is 4. The second-order valence-corrected chi connectivity index (χ2v) is 7.43. The first kappa shape index (κ1) is 17.6. The first-order valence-electron chi connectivity index (χ1n) is 9.80. The summed E-state index contributed by atoms with van der Waals surface area (Å²) in [5.41, 5.74) is 2.95. The van der Waals surface area contributed by atoms with Crippen LogP contribution in [-0.4, -0.2) is 43.5 Å². The monoisotopic (exact) mass is 387 g/mol. The summed E-state index contributed by atoms with van der Waals surface area (Å²) < 4.78 is 7.33. The van der Waals surface area contributed by atoms with Gasteiger partial charge in [-0.2, -0.15) is 5.10 Å². The number of fused-ring (bicyclic) bond motifs is 1. The third-order valence-corrected chi connectivity index (χ3v) is 5.39. The summed E-state index contributed by atoms with van der Waals surface area (Å²) in [6, 6.07) is 11.5. The number of nitrogens with zero attached hydrogens (tertiary/aromatic N) is 5. The summed E-state index contributed by atoms with van der Waals surface area (Å²) in [5, 5.41) is 4.72. The summed E-state index contributed by atoms with van der Waals surface area (Å²) >= 11 is 0. The molecule has 1 aliphatic rings. The zero-order valence-electron chi connectivity index (χ0n) is 16.2. The van der Waals surface area contributed by atoms with Gasteiger partial charge in [0.2, 0.25) is 0 Å². The topological polar surface area (TPSA) is 76.5 Å². The fourth-order valence-corrected chi connectivity index (χ4v) is 3.87. The molecule has 1 aliphatic heterocycles. The van der Waals surface area contributed by atoms with E-state index in [2.05, 4.69) is 4.98 Å². The first-order valence-corrected chi connectivity index (χ1v) is 9.80. The standard InChI is InChI=1S/C22H21N5O2/c1-15-4-6-19(29-15)22(28)26-12-2-3-18(13-26)21-24-20-7-5-17(14-27(20)25-21)16-8-10-23-11-9-16/h4-11,14,18H,2-3,12-13H2,1H3/t18-/m1/s1. The Balaban J connectivity index is 1.39. The number of furan rings is 1. The molecule has 7 heteroatoms. The number of hydrogen-bond acceptors (Lipinski definition) is 5. The Morgan fingerprint density at radius 3 is 2.76 bits per heavy atom. The molecule has 0 spiro atoms. The van der Waals surface area contributed by atoms with E-state index < -0.39 is 0 Å². The van der Waals surface area contributed by atoms with Crippen molar-refractivity contribution in [2.75, 3.05) is 13.1 Å². The zero-order valence-corrected chi connectivity index (χ0v) is 16.2. The van der Waals surface area contributed by atoms with E-state index in [0.29, 0.717) is 12.3 Å². The lowest BCUT2D eigenvalue weighted by Crippen LogP contribution is -2.39. The van der Waals surface area contributed by atoms with Crippen molar-refractivity contribution >= 4 is 11.6 Å². The van der Waals surface area contributed by atoms with Gasteiger partial charge < -0.3 is 9.32 Å². The van der Waals surface area contributed by atoms with Crippen molar-refractivity contribution in [1.29, 1.82) is 0 Å². The van der Waals surface area contributed by atoms with Crippen molar-refractivity contribution in [3.05, 3.63) is 72.3 Å². The molecule has 29 heavy (non-hydrogen) atoms. The Bertz CT molecular complexity index is 1160. The lowest BCUT2D eigenvalue weighted by Gasteiger charge is -2.30. The van der Waals surface area contributed by atoms with E-state index >= 15 is 0 Å². The highest BCUT2D eigenvalue weighted by atomic mass is 16.3. The van der Waals surface area contributed by atoms with E-state index in [-0.39, 0.29) is 11.8 Å². The first-order chi connectivity index (χ1) is 14.2. The molecule has 5 heterocycles. The van der Waals surface area contributed by atoms with Gasteiger partial charge >= 0.3 is 0 Å². The van der Waals surface area contributed by atoms with Crippen molar-refractivity contribution in [1.82, 2.24) is 24.5 Å². The molecule has 4 aromatic rings. The van der Waals surface area contributed by atoms with E-state index in [1.54, 1.807) is 18.5 Å². The number of carbonyl (C=O) groups excluding carboxylic acids is 1. The fourth-order valence-electron chi connectivity index (χ4n) is 3.87. The fraction of sp³-hybridized carbons (Fsp3) is 0.273. The van der Waals surface area contributed by atoms with Gasteiger partial charge in [0.05, 0.1) is 0 Å². The second kappa shape index (κ2) is 7.16. The van der Waals surface area contributed by atoms with Crippen LogP contribution in [0.2, 0.25) is 0 Å². The summed E-state index contributed by atoms with van der Waals surface area (Å²) in [5.74, 6) is 1.98. The van der Waals surface area contributed by atoms with Gasteiger partial charge in [-0.1, -0.05) is 0 Å². The zero-order chi connectivity index (χ0) is 19.8. The molecule has 1 saturated heterocycles. The van der Waals surface area contributed by atoms with Crippen molar-refractivity contribution in [3.63, 3.8) is 0 Å². The largest absolute Gasteiger partial charge is 0.456 e. The van der Waals surface area contributed by atoms with Crippen molar-refractivity contribution in [2.24, 2.45) is 0 Å². The van der Waals surface area contributed by atoms with Gasteiger partial charge in [-0.3, -0.25) is 9.78 Å². The quantitative estimate of drug-likeness (QED) is 0.536. The SMILES string of the molecule is Cc1ccc(C(=O)N2CCC[C@@H](c3nc4ccc(-c5ccncc5)cn4n3)C2)o1. The molecule has 146 valence electrons. The van der Waals surface area contributed by atoms with Crippen LogP contribution >= 0.6 is 0 Å². The number of carbonyl (C=O) groups is 1. The van der Waals surface area contributed by atoms with Gasteiger partial charge in [-0.25, -0.2) is 9.50 Å². The minimum atomic E-state index is -0.0634. The van der Waals surface area contributed by atoms with Crippen LogP contribution in [0.25, 0.3) is 16.8 Å². The van der Waals surface area contributed by atoms with Gasteiger partial charge in [-0.05, 0) is 61.7 Å². The third-order valence-electron chi connectivity index (χ3n) is 5.39. The summed E-state index contributed by atoms with van der Waals surface area (Å²) in [7, 11) is 0. The number of piperidine rings is 1. The molecule has 0 saturated carbocycles. The lowest BCUT2D eigenvalue weighted by molar-refractivity contribution is 0.0671. The van der Waals surface area contributed by atoms with Crippen LogP contribution in [-0.2, 0) is 0 Å². The van der Waals surface area contributed by atoms with Gasteiger partial charge in [0.25, 0.3) is 5.91 Å². The third kappa shape index (κ3) is 3.40. The van der Waals surface area contributed by atoms with E-state index in [1.165, 1.54) is 0 Å². The van der Waals surface area contributed by atoms with Crippen LogP contribution in [0.4, 0.5) is 0 Å². The molecule has 7 nitrogen and oxygen atoms in total. The molecular weight excluding hydrogens is 366 g/mol. The summed E-state index contributed by atoms with van der Waals surface area (Å²) in [6.07, 6.45) is 7.43. The van der Waals surface area contributed by atoms with Crippen LogP contribution in [0.3, 0.4) is 0 Å². The Morgan fingerprint density at radius 2 is 1.97 bits per heavy atom. The van der Waals surface area contributed by atoms with E-state index in [9.17, 15) is 4.79 Å². The molecule has 0 aliphatic carbocycles. The minimum absolute atomic E-state index is 0.0634. The summed E-state index contributed by atoms with van der Waals surface area (Å²) in [6.45, 7) is 3.18. The Labute approximate surface area is 168 Å². The summed E-state index contributed by atoms with van der Waals surface area (Å²) in [4.78, 5) is 23.4. The predicted molar refractivity (Wildman–Crippen MR) is 108 cm³/mol. The molecule has 5 rings (SSSR count). The number of rotatable bonds is 3. The number of aryl methyl sites for hydroxylation is 1. The molecule has 0 aromatic carbocycles. The minimum Gasteiger partial charge on any atom is -0.456 e. The maximum absolute atomic E-state index is 12.7. The highest BCUT2D eigenvalue weighted by Crippen LogP contribution is 2.27. The molecule has 4 aromatic heterocycles. The Morgan fingerprint density at radius 1 is 1.10 bits per heavy atom. The molecule has 0 N–H and O–H groups in total. The molecule has 0 unspecified atom stereocenters. The van der Waals surface area contributed by atoms with Crippen LogP contribution in [0, 0.1) is 6.92 Å². The Hall–Kier alpha value is -3.48. The molecule has 1 atom stereocenters. The number of hydrogen-bond donors (Lipinski definition) is 0. The highest BCUT2D eigenvalue weighted by Gasteiger charge is 2.29. The average Bonchev–Trinajstić information content (AvgIpc) is 3.39. The molecule has 1 amide bonds. The number of amides is 1. The van der Waals surface area contributed by atoms with Gasteiger partial charge in [-0.15, -0.1) is 0 Å². The normalized spacial score (nSPS) is 17.0. The lowest BCUT2D eigenvalue weighted by atomic mass is 9.97. The molecule has 0 radical (unpaired) electrons. The predicted octanol–water partition coefficient (Wildman–Crippen LogP) is 3.71. The van der Waals surface area contributed by atoms with E-state index in [0.717, 1.165) is 47.7 Å². The smallest absolute Gasteiger partial charge is 0.289 e. The molecule has 1 fully saturated rings. The highest BCUT2D eigenvalue weighted by molar-refractivity contribution is 5.91. The number of pyridine rings is 2. The van der Waals surface area contributed by atoms with Crippen molar-refractivity contribution in [3.8, 4) is 11.1 Å². The Kier molecular flexibility index (Phi) is 4.35. The number of likely N-dealkylation sites (tertiary alicyclic amines) is 1. The van der Waals surface area contributed by atoms with Crippen LogP contribution in [0.15, 0.2) is 59.4 Å². The average molecular weight is 387 g/mol. The van der Waals surface area contributed by atoms with Crippen LogP contribution in [0.5, 0.6) is 0 Å². The van der Waals surface area contributed by atoms with Crippen LogP contribution < -0.4 is 0 Å². The maximum atomic E-state index is 12.7.